The van der Waals surface area contributed by atoms with Crippen molar-refractivity contribution in [1.82, 2.24) is 5.43 Å². The van der Waals surface area contributed by atoms with Crippen LogP contribution in [0.2, 0.25) is 0 Å². The van der Waals surface area contributed by atoms with Crippen LogP contribution < -0.4 is 15.1 Å². The fourth-order valence-electron chi connectivity index (χ4n) is 3.91. The smallest absolute Gasteiger partial charge is 0.270 e. The Morgan fingerprint density at radius 2 is 1.83 bits per heavy atom. The van der Waals surface area contributed by atoms with E-state index in [2.05, 4.69) is 34.8 Å². The zero-order valence-electron chi connectivity index (χ0n) is 15.8. The molecule has 0 aliphatic carbocycles. The van der Waals surface area contributed by atoms with Gasteiger partial charge in [0.2, 0.25) is 4.87 Å². The van der Waals surface area contributed by atoms with E-state index >= 15 is 0 Å². The van der Waals surface area contributed by atoms with E-state index in [0.29, 0.717) is 6.54 Å². The van der Waals surface area contributed by atoms with Crippen LogP contribution in [0.5, 0.6) is 5.75 Å². The second-order valence-electron chi connectivity index (χ2n) is 6.95. The van der Waals surface area contributed by atoms with Gasteiger partial charge in [-0.3, -0.25) is 10.2 Å². The molecule has 2 aliphatic rings. The molecular formula is C23H19N3O2S. The summed E-state index contributed by atoms with van der Waals surface area (Å²) in [5, 5.41) is 4.16. The summed E-state index contributed by atoms with van der Waals surface area (Å²) in [6, 6.07) is 24.2. The van der Waals surface area contributed by atoms with Gasteiger partial charge in [-0.2, -0.15) is 5.10 Å². The van der Waals surface area contributed by atoms with Crippen LogP contribution in [0.15, 0.2) is 77.9 Å². The number of hydrogen-bond donors (Lipinski definition) is 1. The molecule has 29 heavy (non-hydrogen) atoms. The lowest BCUT2D eigenvalue weighted by Crippen LogP contribution is -2.44. The highest BCUT2D eigenvalue weighted by molar-refractivity contribution is 8.13. The highest BCUT2D eigenvalue weighted by atomic mass is 32.2. The standard InChI is InChI=1S/C23H19N3O2S/c1-28-21-10-6-5-9-18(21)14-26-20-12-11-17(16-7-3-2-4-8-16)13-19(20)23(22(26)27)25-24-15-29-23/h2-13,15,25H,14H2,1H3. The monoisotopic (exact) mass is 401 g/mol. The van der Waals surface area contributed by atoms with E-state index in [1.807, 2.05) is 53.4 Å². The average molecular weight is 401 g/mol. The van der Waals surface area contributed by atoms with Gasteiger partial charge in [-0.15, -0.1) is 0 Å². The molecule has 144 valence electrons. The average Bonchev–Trinajstić information content (AvgIpc) is 3.36. The van der Waals surface area contributed by atoms with Gasteiger partial charge in [0.05, 0.1) is 24.9 Å². The number of carbonyl (C=O) groups excluding carboxylic acids is 1. The van der Waals surface area contributed by atoms with Gasteiger partial charge < -0.3 is 9.64 Å². The van der Waals surface area contributed by atoms with E-state index in [0.717, 1.165) is 33.7 Å². The first kappa shape index (κ1) is 17.8. The van der Waals surface area contributed by atoms with Crippen LogP contribution in [0, 0.1) is 0 Å². The number of nitrogens with one attached hydrogen (secondary N) is 1. The van der Waals surface area contributed by atoms with Crippen molar-refractivity contribution in [3.8, 4) is 16.9 Å². The van der Waals surface area contributed by atoms with E-state index in [1.54, 1.807) is 12.7 Å². The highest BCUT2D eigenvalue weighted by Gasteiger charge is 2.53. The second-order valence-corrected chi connectivity index (χ2v) is 8.01. The van der Waals surface area contributed by atoms with Crippen LogP contribution in [0.25, 0.3) is 11.1 Å². The van der Waals surface area contributed by atoms with Crippen LogP contribution in [-0.4, -0.2) is 18.6 Å². The van der Waals surface area contributed by atoms with Crippen LogP contribution >= 0.6 is 11.8 Å². The first-order chi connectivity index (χ1) is 14.2. The third-order valence-electron chi connectivity index (χ3n) is 5.35. The van der Waals surface area contributed by atoms with Gasteiger partial charge in [0.15, 0.2) is 0 Å². The van der Waals surface area contributed by atoms with Gasteiger partial charge >= 0.3 is 0 Å². The lowest BCUT2D eigenvalue weighted by atomic mass is 9.99. The van der Waals surface area contributed by atoms with Gasteiger partial charge in [-0.05, 0) is 29.3 Å². The van der Waals surface area contributed by atoms with Gasteiger partial charge in [-0.25, -0.2) is 0 Å². The Balaban J connectivity index is 1.60. The molecular weight excluding hydrogens is 382 g/mol. The highest BCUT2D eigenvalue weighted by Crippen LogP contribution is 2.50. The number of hydrazone groups is 1. The lowest BCUT2D eigenvalue weighted by molar-refractivity contribution is -0.121. The molecule has 0 fully saturated rings. The number of anilines is 1. The van der Waals surface area contributed by atoms with Crippen LogP contribution in [0.3, 0.4) is 0 Å². The van der Waals surface area contributed by atoms with E-state index in [9.17, 15) is 4.79 Å². The molecule has 2 aliphatic heterocycles. The molecule has 0 saturated heterocycles. The summed E-state index contributed by atoms with van der Waals surface area (Å²) in [5.41, 5.74) is 9.75. The predicted octanol–water partition coefficient (Wildman–Crippen LogP) is 4.34. The summed E-state index contributed by atoms with van der Waals surface area (Å²) in [6.07, 6.45) is 0. The molecule has 1 unspecified atom stereocenters. The van der Waals surface area contributed by atoms with Crippen molar-refractivity contribution in [2.75, 3.05) is 12.0 Å². The Kier molecular flexibility index (Phi) is 4.28. The minimum atomic E-state index is -0.915. The molecule has 2 heterocycles. The number of nitrogens with zero attached hydrogens (tertiary/aromatic N) is 2. The summed E-state index contributed by atoms with van der Waals surface area (Å²) in [6.45, 7) is 0.435. The number of rotatable bonds is 4. The van der Waals surface area contributed by atoms with Gasteiger partial charge in [0.1, 0.15) is 5.75 Å². The zero-order valence-corrected chi connectivity index (χ0v) is 16.6. The number of methoxy groups -OCH3 is 1. The topological polar surface area (TPSA) is 53.9 Å². The summed E-state index contributed by atoms with van der Waals surface area (Å²) < 4.78 is 5.49. The van der Waals surface area contributed by atoms with Crippen molar-refractivity contribution in [2.45, 2.75) is 11.4 Å². The first-order valence-electron chi connectivity index (χ1n) is 9.33. The van der Waals surface area contributed by atoms with E-state index in [1.165, 1.54) is 11.8 Å². The lowest BCUT2D eigenvalue weighted by Gasteiger charge is -2.23. The Bertz CT molecular complexity index is 1110. The minimum Gasteiger partial charge on any atom is -0.496 e. The summed E-state index contributed by atoms with van der Waals surface area (Å²) in [4.78, 5) is 14.5. The molecule has 1 spiro atoms. The number of amides is 1. The molecule has 0 aromatic heterocycles. The third kappa shape index (κ3) is 2.79. The normalized spacial score (nSPS) is 19.5. The van der Waals surface area contributed by atoms with Crippen LogP contribution in [0.1, 0.15) is 11.1 Å². The van der Waals surface area contributed by atoms with Gasteiger partial charge in [0, 0.05) is 11.1 Å². The first-order valence-corrected chi connectivity index (χ1v) is 10.2. The van der Waals surface area contributed by atoms with Crippen LogP contribution in [-0.2, 0) is 16.2 Å². The Morgan fingerprint density at radius 1 is 1.03 bits per heavy atom. The molecule has 1 N–H and O–H groups in total. The quantitative estimate of drug-likeness (QED) is 0.707. The number of para-hydroxylation sites is 1. The van der Waals surface area contributed by atoms with Gasteiger partial charge in [0.25, 0.3) is 5.91 Å². The molecule has 1 atom stereocenters. The number of ether oxygens (including phenoxy) is 1. The minimum absolute atomic E-state index is 0.0221. The molecule has 3 aromatic carbocycles. The van der Waals surface area contributed by atoms with E-state index < -0.39 is 4.87 Å². The second kappa shape index (κ2) is 6.97. The molecule has 5 nitrogen and oxygen atoms in total. The maximum Gasteiger partial charge on any atom is 0.270 e. The number of fused-ring (bicyclic) bond motifs is 2. The molecule has 0 radical (unpaired) electrons. The maximum absolute atomic E-state index is 13.6. The third-order valence-corrected chi connectivity index (χ3v) is 6.40. The van der Waals surface area contributed by atoms with Crippen LogP contribution in [0.4, 0.5) is 5.69 Å². The van der Waals surface area contributed by atoms with E-state index in [4.69, 9.17) is 4.74 Å². The largest absolute Gasteiger partial charge is 0.496 e. The van der Waals surface area contributed by atoms with Crippen molar-refractivity contribution < 1.29 is 9.53 Å². The van der Waals surface area contributed by atoms with Crippen molar-refractivity contribution in [3.05, 3.63) is 83.9 Å². The molecule has 5 rings (SSSR count). The van der Waals surface area contributed by atoms with Crippen molar-refractivity contribution in [1.29, 1.82) is 0 Å². The molecule has 1 amide bonds. The van der Waals surface area contributed by atoms with E-state index in [-0.39, 0.29) is 5.91 Å². The maximum atomic E-state index is 13.6. The molecule has 0 saturated carbocycles. The number of thioether (sulfide) groups is 1. The Labute approximate surface area is 173 Å². The zero-order chi connectivity index (χ0) is 19.8. The molecule has 3 aromatic rings. The number of benzene rings is 3. The molecule has 6 heteroatoms. The fourth-order valence-corrected chi connectivity index (χ4v) is 4.78. The fraction of sp³-hybridized carbons (Fsp3) is 0.130. The van der Waals surface area contributed by atoms with Crippen molar-refractivity contribution in [3.63, 3.8) is 0 Å². The van der Waals surface area contributed by atoms with Crippen molar-refractivity contribution in [2.24, 2.45) is 5.10 Å². The predicted molar refractivity (Wildman–Crippen MR) is 117 cm³/mol. The van der Waals surface area contributed by atoms with Gasteiger partial charge in [-0.1, -0.05) is 66.4 Å². The Hall–Kier alpha value is -3.25. The Morgan fingerprint density at radius 3 is 2.59 bits per heavy atom. The van der Waals surface area contributed by atoms with Crippen molar-refractivity contribution >= 4 is 28.9 Å². The SMILES string of the molecule is COc1ccccc1CN1C(=O)C2(NN=CS2)c2cc(-c3ccccc3)ccc21. The summed E-state index contributed by atoms with van der Waals surface area (Å²) >= 11 is 1.41. The number of hydrogen-bond acceptors (Lipinski definition) is 5. The summed E-state index contributed by atoms with van der Waals surface area (Å²) in [5.74, 6) is 0.748. The summed E-state index contributed by atoms with van der Waals surface area (Å²) in [7, 11) is 1.65. The number of carbonyl (C=O) groups is 1. The molecule has 0 bridgehead atoms.